The summed E-state index contributed by atoms with van der Waals surface area (Å²) in [7, 11) is 0. The molecule has 0 saturated heterocycles. The number of carbonyl (C=O) groups excluding carboxylic acids is 1. The fourth-order valence-electron chi connectivity index (χ4n) is 2.60. The maximum absolute atomic E-state index is 12.2. The van der Waals surface area contributed by atoms with E-state index < -0.39 is 0 Å². The van der Waals surface area contributed by atoms with Crippen molar-refractivity contribution in [2.24, 2.45) is 0 Å². The average Bonchev–Trinajstić information content (AvgIpc) is 2.93. The predicted molar refractivity (Wildman–Crippen MR) is 111 cm³/mol. The lowest BCUT2D eigenvalue weighted by atomic mass is 10.1. The molecule has 3 aromatic rings. The Hall–Kier alpha value is -2.22. The number of amides is 1. The normalized spacial score (nSPS) is 10.8. The number of carbonyl (C=O) groups is 1. The third kappa shape index (κ3) is 4.74. The van der Waals surface area contributed by atoms with Crippen molar-refractivity contribution in [2.75, 3.05) is 16.9 Å². The molecule has 1 aromatic heterocycles. The molecule has 0 atom stereocenters. The number of aromatic nitrogens is 3. The van der Waals surface area contributed by atoms with Crippen LogP contribution in [-0.4, -0.2) is 26.5 Å². The van der Waals surface area contributed by atoms with Crippen molar-refractivity contribution in [3.05, 3.63) is 57.6 Å². The standard InChI is InChI=1S/C18H17Cl2N5OS/c1-10-5-11(2)7-13(6-10)22-16(26)9-27-18-24-23-17(25(18)21)14-4-3-12(19)8-15(14)20/h3-8H,9,21H2,1-2H3,(H,22,26). The number of nitrogens with zero attached hydrogens (tertiary/aromatic N) is 3. The van der Waals surface area contributed by atoms with Crippen molar-refractivity contribution in [2.45, 2.75) is 19.0 Å². The topological polar surface area (TPSA) is 85.8 Å². The molecule has 0 spiro atoms. The first-order chi connectivity index (χ1) is 12.8. The summed E-state index contributed by atoms with van der Waals surface area (Å²) >= 11 is 13.3. The number of thioether (sulfide) groups is 1. The monoisotopic (exact) mass is 421 g/mol. The van der Waals surface area contributed by atoms with Crippen LogP contribution in [0.4, 0.5) is 5.69 Å². The van der Waals surface area contributed by atoms with E-state index in [9.17, 15) is 4.79 Å². The number of benzene rings is 2. The van der Waals surface area contributed by atoms with Crippen molar-refractivity contribution < 1.29 is 4.79 Å². The minimum atomic E-state index is -0.154. The largest absolute Gasteiger partial charge is 0.335 e. The first-order valence-electron chi connectivity index (χ1n) is 8.00. The van der Waals surface area contributed by atoms with Gasteiger partial charge < -0.3 is 11.2 Å². The summed E-state index contributed by atoms with van der Waals surface area (Å²) in [5, 5.41) is 12.3. The molecule has 0 aliphatic heterocycles. The van der Waals surface area contributed by atoms with Crippen LogP contribution in [0, 0.1) is 13.8 Å². The third-order valence-electron chi connectivity index (χ3n) is 3.67. The fraction of sp³-hybridized carbons (Fsp3) is 0.167. The maximum Gasteiger partial charge on any atom is 0.234 e. The van der Waals surface area contributed by atoms with E-state index in [0.29, 0.717) is 26.6 Å². The number of hydrogen-bond donors (Lipinski definition) is 2. The van der Waals surface area contributed by atoms with E-state index >= 15 is 0 Å². The Morgan fingerprint density at radius 2 is 1.85 bits per heavy atom. The molecule has 0 fully saturated rings. The Bertz CT molecular complexity index is 985. The Balaban J connectivity index is 1.68. The third-order valence-corrected chi connectivity index (χ3v) is 5.17. The van der Waals surface area contributed by atoms with E-state index in [2.05, 4.69) is 15.5 Å². The van der Waals surface area contributed by atoms with Gasteiger partial charge in [-0.25, -0.2) is 4.68 Å². The average molecular weight is 422 g/mol. The predicted octanol–water partition coefficient (Wildman–Crippen LogP) is 4.31. The highest BCUT2D eigenvalue weighted by Gasteiger charge is 2.16. The number of nitrogens with two attached hydrogens (primary N) is 1. The van der Waals surface area contributed by atoms with Crippen molar-refractivity contribution in [3.8, 4) is 11.4 Å². The van der Waals surface area contributed by atoms with Crippen molar-refractivity contribution in [1.29, 1.82) is 0 Å². The van der Waals surface area contributed by atoms with Crippen molar-refractivity contribution in [3.63, 3.8) is 0 Å². The number of hydrogen-bond acceptors (Lipinski definition) is 5. The molecule has 0 aliphatic rings. The van der Waals surface area contributed by atoms with E-state index in [1.807, 2.05) is 32.0 Å². The highest BCUT2D eigenvalue weighted by molar-refractivity contribution is 7.99. The van der Waals surface area contributed by atoms with Crippen LogP contribution >= 0.6 is 35.0 Å². The first kappa shape index (κ1) is 19.5. The molecular formula is C18H17Cl2N5OS. The van der Waals surface area contributed by atoms with Crippen LogP contribution < -0.4 is 11.2 Å². The number of nitrogen functional groups attached to an aromatic ring is 1. The highest BCUT2D eigenvalue weighted by Crippen LogP contribution is 2.30. The Kier molecular flexibility index (Phi) is 5.94. The zero-order chi connectivity index (χ0) is 19.6. The Labute approximate surface area is 171 Å². The number of halogens is 2. The van der Waals surface area contributed by atoms with Crippen LogP contribution in [0.1, 0.15) is 11.1 Å². The number of rotatable bonds is 5. The van der Waals surface area contributed by atoms with E-state index in [1.165, 1.54) is 16.4 Å². The van der Waals surface area contributed by atoms with E-state index in [-0.39, 0.29) is 11.7 Å². The van der Waals surface area contributed by atoms with Crippen molar-refractivity contribution >= 4 is 46.6 Å². The first-order valence-corrected chi connectivity index (χ1v) is 9.74. The molecule has 140 valence electrons. The molecule has 9 heteroatoms. The van der Waals surface area contributed by atoms with Gasteiger partial charge in [0.1, 0.15) is 0 Å². The molecule has 3 N–H and O–H groups in total. The van der Waals surface area contributed by atoms with Gasteiger partial charge in [0.05, 0.1) is 10.8 Å². The van der Waals surface area contributed by atoms with Gasteiger partial charge in [0, 0.05) is 16.3 Å². The zero-order valence-electron chi connectivity index (χ0n) is 14.7. The lowest BCUT2D eigenvalue weighted by Crippen LogP contribution is -2.16. The second-order valence-electron chi connectivity index (χ2n) is 6.01. The molecular weight excluding hydrogens is 405 g/mol. The minimum Gasteiger partial charge on any atom is -0.335 e. The van der Waals surface area contributed by atoms with Gasteiger partial charge in [0.15, 0.2) is 5.82 Å². The second kappa shape index (κ2) is 8.21. The smallest absolute Gasteiger partial charge is 0.234 e. The van der Waals surface area contributed by atoms with E-state index in [0.717, 1.165) is 16.8 Å². The second-order valence-corrected chi connectivity index (χ2v) is 7.80. The summed E-state index contributed by atoms with van der Waals surface area (Å²) in [5.74, 6) is 6.46. The molecule has 2 aromatic carbocycles. The van der Waals surface area contributed by atoms with Gasteiger partial charge in [0.25, 0.3) is 0 Å². The minimum absolute atomic E-state index is 0.149. The van der Waals surface area contributed by atoms with Crippen molar-refractivity contribution in [1.82, 2.24) is 14.9 Å². The lowest BCUT2D eigenvalue weighted by Gasteiger charge is -2.08. The molecule has 1 amide bonds. The SMILES string of the molecule is Cc1cc(C)cc(NC(=O)CSc2nnc(-c3ccc(Cl)cc3Cl)n2N)c1. The summed E-state index contributed by atoms with van der Waals surface area (Å²) in [6.45, 7) is 3.97. The molecule has 0 aliphatic carbocycles. The van der Waals surface area contributed by atoms with Crippen LogP contribution in [0.25, 0.3) is 11.4 Å². The molecule has 1 heterocycles. The van der Waals surface area contributed by atoms with E-state index in [4.69, 9.17) is 29.0 Å². The maximum atomic E-state index is 12.2. The highest BCUT2D eigenvalue weighted by atomic mass is 35.5. The van der Waals surface area contributed by atoms with Gasteiger partial charge in [-0.3, -0.25) is 4.79 Å². The molecule has 0 bridgehead atoms. The number of aryl methyl sites for hydroxylation is 2. The van der Waals surface area contributed by atoms with E-state index in [1.54, 1.807) is 18.2 Å². The van der Waals surface area contributed by atoms with Crippen LogP contribution in [0.5, 0.6) is 0 Å². The van der Waals surface area contributed by atoms with Gasteiger partial charge in [-0.1, -0.05) is 41.0 Å². The quantitative estimate of drug-likeness (QED) is 0.473. The van der Waals surface area contributed by atoms with Crippen LogP contribution in [0.2, 0.25) is 10.0 Å². The zero-order valence-corrected chi connectivity index (χ0v) is 17.0. The van der Waals surface area contributed by atoms with Crippen LogP contribution in [-0.2, 0) is 4.79 Å². The van der Waals surface area contributed by atoms with Gasteiger partial charge in [-0.2, -0.15) is 0 Å². The molecule has 0 saturated carbocycles. The molecule has 27 heavy (non-hydrogen) atoms. The lowest BCUT2D eigenvalue weighted by molar-refractivity contribution is -0.113. The van der Waals surface area contributed by atoms with Crippen LogP contribution in [0.3, 0.4) is 0 Å². The van der Waals surface area contributed by atoms with Gasteiger partial charge in [0.2, 0.25) is 11.1 Å². The number of anilines is 1. The number of nitrogens with one attached hydrogen (secondary N) is 1. The van der Waals surface area contributed by atoms with Crippen LogP contribution in [0.15, 0.2) is 41.6 Å². The Morgan fingerprint density at radius 3 is 2.52 bits per heavy atom. The summed E-state index contributed by atoms with van der Waals surface area (Å²) < 4.78 is 1.31. The Morgan fingerprint density at radius 1 is 1.15 bits per heavy atom. The molecule has 0 radical (unpaired) electrons. The molecule has 0 unspecified atom stereocenters. The summed E-state index contributed by atoms with van der Waals surface area (Å²) in [4.78, 5) is 12.2. The van der Waals surface area contributed by atoms with Gasteiger partial charge >= 0.3 is 0 Å². The molecule has 3 rings (SSSR count). The summed E-state index contributed by atoms with van der Waals surface area (Å²) in [6.07, 6.45) is 0. The summed E-state index contributed by atoms with van der Waals surface area (Å²) in [6, 6.07) is 10.9. The summed E-state index contributed by atoms with van der Waals surface area (Å²) in [5.41, 5.74) is 3.55. The van der Waals surface area contributed by atoms with Gasteiger partial charge in [-0.15, -0.1) is 10.2 Å². The molecule has 6 nitrogen and oxygen atoms in total. The van der Waals surface area contributed by atoms with Gasteiger partial charge in [-0.05, 0) is 55.3 Å². The fourth-order valence-corrected chi connectivity index (χ4v) is 3.75.